The van der Waals surface area contributed by atoms with Gasteiger partial charge in [0, 0.05) is 19.8 Å². The van der Waals surface area contributed by atoms with Crippen molar-refractivity contribution in [2.75, 3.05) is 6.61 Å². The number of phenolic OH excluding ortho intramolecular Hbond substituents is 1. The van der Waals surface area contributed by atoms with Crippen molar-refractivity contribution in [1.82, 2.24) is 0 Å². The molecule has 0 aliphatic carbocycles. The molecule has 0 saturated heterocycles. The van der Waals surface area contributed by atoms with E-state index >= 15 is 0 Å². The van der Waals surface area contributed by atoms with Crippen molar-refractivity contribution in [1.29, 1.82) is 0 Å². The zero-order valence-corrected chi connectivity index (χ0v) is 13.1. The predicted octanol–water partition coefficient (Wildman–Crippen LogP) is 3.65. The second kappa shape index (κ2) is 7.64. The molecule has 0 heterocycles. The highest BCUT2D eigenvalue weighted by Gasteiger charge is 2.05. The van der Waals surface area contributed by atoms with Gasteiger partial charge in [0.05, 0.1) is 6.61 Å². The van der Waals surface area contributed by atoms with Crippen LogP contribution in [0.15, 0.2) is 42.5 Å². The lowest BCUT2D eigenvalue weighted by molar-refractivity contribution is -0.140. The summed E-state index contributed by atoms with van der Waals surface area (Å²) in [5, 5.41) is 10.2. The average Bonchev–Trinajstić information content (AvgIpc) is 2.50. The van der Waals surface area contributed by atoms with Gasteiger partial charge < -0.3 is 9.84 Å². The monoisotopic (exact) mass is 298 g/mol. The maximum Gasteiger partial charge on any atom is 0.302 e. The van der Waals surface area contributed by atoms with Crippen molar-refractivity contribution in [3.8, 4) is 5.75 Å². The summed E-state index contributed by atoms with van der Waals surface area (Å²) in [5.41, 5.74) is 4.36. The molecular formula is C19H22O3. The number of rotatable bonds is 6. The summed E-state index contributed by atoms with van der Waals surface area (Å²) in [6.07, 6.45) is 2.35. The smallest absolute Gasteiger partial charge is 0.302 e. The third kappa shape index (κ3) is 4.62. The number of hydrogen-bond acceptors (Lipinski definition) is 3. The molecule has 2 rings (SSSR count). The maximum atomic E-state index is 10.7. The van der Waals surface area contributed by atoms with Gasteiger partial charge in [0.1, 0.15) is 5.75 Å². The molecule has 0 amide bonds. The van der Waals surface area contributed by atoms with Crippen LogP contribution < -0.4 is 0 Å². The second-order valence-corrected chi connectivity index (χ2v) is 5.40. The Labute approximate surface area is 131 Å². The van der Waals surface area contributed by atoms with E-state index in [0.717, 1.165) is 17.5 Å². The largest absolute Gasteiger partial charge is 0.508 e. The van der Waals surface area contributed by atoms with Crippen LogP contribution in [0, 0.1) is 0 Å². The van der Waals surface area contributed by atoms with E-state index in [1.165, 1.54) is 18.1 Å². The van der Waals surface area contributed by atoms with E-state index < -0.39 is 0 Å². The van der Waals surface area contributed by atoms with Gasteiger partial charge in [-0.25, -0.2) is 0 Å². The lowest BCUT2D eigenvalue weighted by Gasteiger charge is -2.08. The minimum absolute atomic E-state index is 0.281. The molecule has 0 aromatic heterocycles. The number of ether oxygens (including phenoxy) is 1. The quantitative estimate of drug-likeness (QED) is 0.828. The summed E-state index contributed by atoms with van der Waals surface area (Å²) < 4.78 is 4.91. The fraction of sp³-hybridized carbons (Fsp3) is 0.316. The molecule has 3 heteroatoms. The van der Waals surface area contributed by atoms with Crippen molar-refractivity contribution in [2.45, 2.75) is 33.1 Å². The van der Waals surface area contributed by atoms with Gasteiger partial charge in [-0.3, -0.25) is 4.79 Å². The fourth-order valence-electron chi connectivity index (χ4n) is 2.34. The lowest BCUT2D eigenvalue weighted by atomic mass is 10.0. The van der Waals surface area contributed by atoms with Gasteiger partial charge in [-0.1, -0.05) is 43.3 Å². The summed E-state index contributed by atoms with van der Waals surface area (Å²) >= 11 is 0. The SMILES string of the molecule is CCc1ccc(Cc2ccc(CCOC(C)=O)cc2O)cc1. The van der Waals surface area contributed by atoms with E-state index in [2.05, 4.69) is 31.2 Å². The molecule has 22 heavy (non-hydrogen) atoms. The number of hydrogen-bond donors (Lipinski definition) is 1. The third-order valence-electron chi connectivity index (χ3n) is 3.67. The first-order chi connectivity index (χ1) is 10.6. The first-order valence-corrected chi connectivity index (χ1v) is 7.60. The molecule has 0 unspecified atom stereocenters. The maximum absolute atomic E-state index is 10.7. The Morgan fingerprint density at radius 1 is 1.05 bits per heavy atom. The van der Waals surface area contributed by atoms with Crippen molar-refractivity contribution >= 4 is 5.97 Å². The Hall–Kier alpha value is -2.29. The van der Waals surface area contributed by atoms with Crippen LogP contribution in [-0.2, 0) is 28.8 Å². The summed E-state index contributed by atoms with van der Waals surface area (Å²) in [6.45, 7) is 3.87. The molecule has 3 nitrogen and oxygen atoms in total. The number of esters is 1. The summed E-state index contributed by atoms with van der Waals surface area (Å²) in [5.74, 6) is 0.0104. The molecule has 0 atom stereocenters. The highest BCUT2D eigenvalue weighted by Crippen LogP contribution is 2.22. The van der Waals surface area contributed by atoms with Gasteiger partial charge in [0.15, 0.2) is 0 Å². The van der Waals surface area contributed by atoms with Gasteiger partial charge >= 0.3 is 5.97 Å². The molecule has 0 spiro atoms. The number of aromatic hydroxyl groups is 1. The third-order valence-corrected chi connectivity index (χ3v) is 3.67. The zero-order valence-electron chi connectivity index (χ0n) is 13.1. The molecule has 0 radical (unpaired) electrons. The predicted molar refractivity (Wildman–Crippen MR) is 87.1 cm³/mol. The number of benzene rings is 2. The summed E-state index contributed by atoms with van der Waals surface area (Å²) in [6, 6.07) is 14.1. The van der Waals surface area contributed by atoms with E-state index in [0.29, 0.717) is 25.2 Å². The van der Waals surface area contributed by atoms with E-state index in [-0.39, 0.29) is 5.97 Å². The van der Waals surface area contributed by atoms with E-state index in [9.17, 15) is 9.90 Å². The number of carbonyl (C=O) groups excluding carboxylic acids is 1. The second-order valence-electron chi connectivity index (χ2n) is 5.40. The fourth-order valence-corrected chi connectivity index (χ4v) is 2.34. The van der Waals surface area contributed by atoms with Crippen LogP contribution in [-0.4, -0.2) is 17.7 Å². The molecule has 1 N–H and O–H groups in total. The van der Waals surface area contributed by atoms with Gasteiger partial charge in [0.25, 0.3) is 0 Å². The molecule has 2 aromatic carbocycles. The Balaban J connectivity index is 2.00. The molecule has 116 valence electrons. The van der Waals surface area contributed by atoms with Gasteiger partial charge in [0.2, 0.25) is 0 Å². The lowest BCUT2D eigenvalue weighted by Crippen LogP contribution is -2.03. The normalized spacial score (nSPS) is 10.5. The van der Waals surface area contributed by atoms with Gasteiger partial charge in [-0.2, -0.15) is 0 Å². The van der Waals surface area contributed by atoms with Crippen LogP contribution in [0.1, 0.15) is 36.1 Å². The molecular weight excluding hydrogens is 276 g/mol. The highest BCUT2D eigenvalue weighted by molar-refractivity contribution is 5.65. The average molecular weight is 298 g/mol. The van der Waals surface area contributed by atoms with E-state index in [1.54, 1.807) is 6.07 Å². The number of phenols is 1. The van der Waals surface area contributed by atoms with Crippen molar-refractivity contribution in [3.63, 3.8) is 0 Å². The summed E-state index contributed by atoms with van der Waals surface area (Å²) in [7, 11) is 0. The van der Waals surface area contributed by atoms with Crippen LogP contribution >= 0.6 is 0 Å². The Kier molecular flexibility index (Phi) is 5.59. The molecule has 0 aliphatic heterocycles. The van der Waals surface area contributed by atoms with E-state index in [4.69, 9.17) is 4.74 Å². The Bertz CT molecular complexity index is 630. The van der Waals surface area contributed by atoms with Crippen LogP contribution in [0.25, 0.3) is 0 Å². The zero-order chi connectivity index (χ0) is 15.9. The van der Waals surface area contributed by atoms with Crippen molar-refractivity contribution in [2.24, 2.45) is 0 Å². The van der Waals surface area contributed by atoms with Crippen LogP contribution in [0.3, 0.4) is 0 Å². The summed E-state index contributed by atoms with van der Waals surface area (Å²) in [4.78, 5) is 10.7. The first kappa shape index (κ1) is 16.1. The molecule has 0 bridgehead atoms. The topological polar surface area (TPSA) is 46.5 Å². The van der Waals surface area contributed by atoms with Crippen LogP contribution in [0.4, 0.5) is 0 Å². The van der Waals surface area contributed by atoms with E-state index in [1.807, 2.05) is 12.1 Å². The van der Waals surface area contributed by atoms with Crippen molar-refractivity contribution in [3.05, 3.63) is 64.7 Å². The molecule has 0 fully saturated rings. The Morgan fingerprint density at radius 2 is 1.68 bits per heavy atom. The first-order valence-electron chi connectivity index (χ1n) is 7.60. The van der Waals surface area contributed by atoms with Crippen LogP contribution in [0.5, 0.6) is 5.75 Å². The van der Waals surface area contributed by atoms with Crippen LogP contribution in [0.2, 0.25) is 0 Å². The number of aryl methyl sites for hydroxylation is 1. The van der Waals surface area contributed by atoms with Gasteiger partial charge in [-0.15, -0.1) is 0 Å². The molecule has 0 aliphatic rings. The minimum Gasteiger partial charge on any atom is -0.508 e. The number of carbonyl (C=O) groups is 1. The molecule has 2 aromatic rings. The minimum atomic E-state index is -0.281. The van der Waals surface area contributed by atoms with Gasteiger partial charge in [-0.05, 0) is 34.7 Å². The standard InChI is InChI=1S/C19H22O3/c1-3-15-4-6-16(7-5-15)12-18-9-8-17(13-19(18)21)10-11-22-14(2)20/h4-9,13,21H,3,10-12H2,1-2H3. The Morgan fingerprint density at radius 3 is 2.27 bits per heavy atom. The van der Waals surface area contributed by atoms with Crippen molar-refractivity contribution < 1.29 is 14.6 Å². The highest BCUT2D eigenvalue weighted by atomic mass is 16.5. The molecule has 0 saturated carbocycles.